The summed E-state index contributed by atoms with van der Waals surface area (Å²) >= 11 is 22.5. The van der Waals surface area contributed by atoms with Crippen LogP contribution >= 0.6 is 62.5 Å². The Labute approximate surface area is 212 Å². The molecule has 3 rings (SSSR count). The number of halogens is 4. The van der Waals surface area contributed by atoms with Crippen molar-refractivity contribution in [1.82, 2.24) is 20.1 Å². The van der Waals surface area contributed by atoms with Crippen molar-refractivity contribution in [3.8, 4) is 0 Å². The van der Waals surface area contributed by atoms with Crippen LogP contribution in [0.5, 0.6) is 0 Å². The van der Waals surface area contributed by atoms with Gasteiger partial charge in [-0.1, -0.05) is 46.6 Å². The standard InChI is InChI=1S/C20H17BrCl3N5O2S/c1-10(25-19(31)11-3-6-14(22)16(24)7-11)18-27-28-20(29(18)2)32-9-17(30)26-12-4-5-13(21)15(23)8-12/h3-8,10H,9H2,1-2H3,(H,25,31)(H,26,30)/t10-/m0/s1. The molecular formula is C20H17BrCl3N5O2S. The molecule has 0 unspecified atom stereocenters. The molecule has 0 fully saturated rings. The first kappa shape index (κ1) is 24.9. The summed E-state index contributed by atoms with van der Waals surface area (Å²) in [5.74, 6) is 0.143. The van der Waals surface area contributed by atoms with Gasteiger partial charge in [-0.2, -0.15) is 0 Å². The quantitative estimate of drug-likeness (QED) is 0.349. The highest BCUT2D eigenvalue weighted by Crippen LogP contribution is 2.26. The van der Waals surface area contributed by atoms with Gasteiger partial charge in [0.25, 0.3) is 5.91 Å². The molecule has 2 N–H and O–H groups in total. The topological polar surface area (TPSA) is 88.9 Å². The summed E-state index contributed by atoms with van der Waals surface area (Å²) in [6, 6.07) is 9.39. The molecular weight excluding hydrogens is 561 g/mol. The predicted octanol–water partition coefficient (Wildman–Crippen LogP) is 5.76. The normalized spacial score (nSPS) is 11.8. The van der Waals surface area contributed by atoms with Crippen LogP contribution in [0.15, 0.2) is 46.0 Å². The van der Waals surface area contributed by atoms with Gasteiger partial charge >= 0.3 is 0 Å². The van der Waals surface area contributed by atoms with E-state index in [-0.39, 0.29) is 17.6 Å². The minimum Gasteiger partial charge on any atom is -0.342 e. The van der Waals surface area contributed by atoms with Crippen molar-refractivity contribution in [2.24, 2.45) is 7.05 Å². The Hall–Kier alpha value is -1.78. The van der Waals surface area contributed by atoms with Crippen LogP contribution in [-0.4, -0.2) is 32.3 Å². The van der Waals surface area contributed by atoms with Crippen molar-refractivity contribution in [3.05, 3.63) is 67.3 Å². The average Bonchev–Trinajstić information content (AvgIpc) is 3.11. The molecule has 168 valence electrons. The van der Waals surface area contributed by atoms with E-state index in [1.165, 1.54) is 17.8 Å². The van der Waals surface area contributed by atoms with Gasteiger partial charge < -0.3 is 15.2 Å². The molecule has 2 aromatic carbocycles. The van der Waals surface area contributed by atoms with Gasteiger partial charge in [0, 0.05) is 22.8 Å². The number of hydrogen-bond acceptors (Lipinski definition) is 5. The maximum atomic E-state index is 12.5. The summed E-state index contributed by atoms with van der Waals surface area (Å²) in [6.07, 6.45) is 0. The molecule has 0 aliphatic rings. The van der Waals surface area contributed by atoms with Crippen LogP contribution in [-0.2, 0) is 11.8 Å². The molecule has 0 bridgehead atoms. The molecule has 2 amide bonds. The van der Waals surface area contributed by atoms with E-state index in [0.29, 0.717) is 37.3 Å². The number of nitrogens with one attached hydrogen (secondary N) is 2. The zero-order chi connectivity index (χ0) is 23.4. The molecule has 0 radical (unpaired) electrons. The number of anilines is 1. The minimum atomic E-state index is -0.428. The van der Waals surface area contributed by atoms with Crippen molar-refractivity contribution in [2.45, 2.75) is 18.1 Å². The summed E-state index contributed by atoms with van der Waals surface area (Å²) in [5, 5.41) is 15.6. The first-order chi connectivity index (χ1) is 15.2. The molecule has 3 aromatic rings. The molecule has 32 heavy (non-hydrogen) atoms. The van der Waals surface area contributed by atoms with Crippen LogP contribution in [0.4, 0.5) is 5.69 Å². The van der Waals surface area contributed by atoms with Crippen LogP contribution in [0, 0.1) is 0 Å². The van der Waals surface area contributed by atoms with Crippen molar-refractivity contribution >= 4 is 80.0 Å². The van der Waals surface area contributed by atoms with Gasteiger partial charge in [-0.15, -0.1) is 10.2 Å². The molecule has 0 aliphatic carbocycles. The molecule has 1 heterocycles. The fraction of sp³-hybridized carbons (Fsp3) is 0.200. The summed E-state index contributed by atoms with van der Waals surface area (Å²) in [7, 11) is 1.77. The molecule has 0 aliphatic heterocycles. The first-order valence-corrected chi connectivity index (χ1v) is 12.1. The van der Waals surface area contributed by atoms with Crippen LogP contribution in [0.1, 0.15) is 29.1 Å². The summed E-state index contributed by atoms with van der Waals surface area (Å²) < 4.78 is 2.48. The Morgan fingerprint density at radius 2 is 1.84 bits per heavy atom. The monoisotopic (exact) mass is 575 g/mol. The number of amides is 2. The Morgan fingerprint density at radius 1 is 1.09 bits per heavy atom. The number of thioether (sulfide) groups is 1. The lowest BCUT2D eigenvalue weighted by Crippen LogP contribution is -2.28. The lowest BCUT2D eigenvalue weighted by atomic mass is 10.2. The van der Waals surface area contributed by atoms with Crippen LogP contribution < -0.4 is 10.6 Å². The Morgan fingerprint density at radius 3 is 2.53 bits per heavy atom. The van der Waals surface area contributed by atoms with Gasteiger partial charge in [0.1, 0.15) is 0 Å². The number of aromatic nitrogens is 3. The summed E-state index contributed by atoms with van der Waals surface area (Å²) in [4.78, 5) is 24.8. The highest BCUT2D eigenvalue weighted by Gasteiger charge is 2.19. The van der Waals surface area contributed by atoms with Crippen LogP contribution in [0.2, 0.25) is 15.1 Å². The molecule has 7 nitrogen and oxygen atoms in total. The molecule has 1 aromatic heterocycles. The second kappa shape index (κ2) is 10.9. The second-order valence-electron chi connectivity index (χ2n) is 6.69. The maximum Gasteiger partial charge on any atom is 0.251 e. The molecule has 0 saturated carbocycles. The maximum absolute atomic E-state index is 12.5. The third-order valence-corrected chi connectivity index (χ3v) is 7.31. The zero-order valence-electron chi connectivity index (χ0n) is 16.8. The highest BCUT2D eigenvalue weighted by atomic mass is 79.9. The zero-order valence-corrected chi connectivity index (χ0v) is 21.5. The lowest BCUT2D eigenvalue weighted by Gasteiger charge is -2.14. The van der Waals surface area contributed by atoms with Crippen LogP contribution in [0.25, 0.3) is 0 Å². The third kappa shape index (κ3) is 6.17. The van der Waals surface area contributed by atoms with E-state index in [2.05, 4.69) is 36.8 Å². The fourth-order valence-electron chi connectivity index (χ4n) is 2.71. The Bertz CT molecular complexity index is 1170. The number of nitrogens with zero attached hydrogens (tertiary/aromatic N) is 3. The molecule has 12 heteroatoms. The van der Waals surface area contributed by atoms with Crippen molar-refractivity contribution in [3.63, 3.8) is 0 Å². The number of carbonyl (C=O) groups is 2. The van der Waals surface area contributed by atoms with Gasteiger partial charge in [0.2, 0.25) is 5.91 Å². The van der Waals surface area contributed by atoms with Crippen LogP contribution in [0.3, 0.4) is 0 Å². The highest BCUT2D eigenvalue weighted by molar-refractivity contribution is 9.10. The third-order valence-electron chi connectivity index (χ3n) is 4.32. The molecule has 1 atom stereocenters. The van der Waals surface area contributed by atoms with E-state index in [4.69, 9.17) is 34.8 Å². The van der Waals surface area contributed by atoms with E-state index in [0.717, 1.165) is 4.47 Å². The summed E-state index contributed by atoms with van der Waals surface area (Å²) in [6.45, 7) is 1.79. The van der Waals surface area contributed by atoms with Gasteiger partial charge in [-0.05, 0) is 59.3 Å². The van der Waals surface area contributed by atoms with Gasteiger partial charge in [-0.3, -0.25) is 9.59 Å². The number of rotatable bonds is 7. The fourth-order valence-corrected chi connectivity index (χ4v) is 4.16. The number of hydrogen-bond donors (Lipinski definition) is 2. The Kier molecular flexibility index (Phi) is 8.46. The Balaban J connectivity index is 1.59. The van der Waals surface area contributed by atoms with Crippen molar-refractivity contribution in [2.75, 3.05) is 11.1 Å². The van der Waals surface area contributed by atoms with Gasteiger partial charge in [-0.25, -0.2) is 0 Å². The SMILES string of the molecule is C[C@H](NC(=O)c1ccc(Cl)c(Cl)c1)c1nnc(SCC(=O)Nc2ccc(Br)c(Cl)c2)n1C. The van der Waals surface area contributed by atoms with E-state index >= 15 is 0 Å². The molecule has 0 spiro atoms. The smallest absolute Gasteiger partial charge is 0.251 e. The van der Waals surface area contributed by atoms with Gasteiger partial charge in [0.15, 0.2) is 11.0 Å². The van der Waals surface area contributed by atoms with Gasteiger partial charge in [0.05, 0.1) is 26.9 Å². The average molecular weight is 578 g/mol. The first-order valence-electron chi connectivity index (χ1n) is 9.18. The minimum absolute atomic E-state index is 0.129. The molecule has 0 saturated heterocycles. The second-order valence-corrected chi connectivity index (χ2v) is 9.71. The van der Waals surface area contributed by atoms with E-state index < -0.39 is 6.04 Å². The van der Waals surface area contributed by atoms with E-state index in [1.54, 1.807) is 48.9 Å². The van der Waals surface area contributed by atoms with E-state index in [9.17, 15) is 9.59 Å². The lowest BCUT2D eigenvalue weighted by molar-refractivity contribution is -0.113. The largest absolute Gasteiger partial charge is 0.342 e. The van der Waals surface area contributed by atoms with E-state index in [1.807, 2.05) is 0 Å². The number of carbonyl (C=O) groups excluding carboxylic acids is 2. The van der Waals surface area contributed by atoms with Crippen molar-refractivity contribution in [1.29, 1.82) is 0 Å². The number of benzene rings is 2. The summed E-state index contributed by atoms with van der Waals surface area (Å²) in [5.41, 5.74) is 0.980. The predicted molar refractivity (Wildman–Crippen MR) is 132 cm³/mol. The van der Waals surface area contributed by atoms with Crippen molar-refractivity contribution < 1.29 is 9.59 Å².